The van der Waals surface area contributed by atoms with Crippen LogP contribution in [0.15, 0.2) is 0 Å². The maximum atomic E-state index is 11.6. The second-order valence-electron chi connectivity index (χ2n) is 4.59. The smallest absolute Gasteiger partial charge is 0.307 e. The van der Waals surface area contributed by atoms with Gasteiger partial charge in [0.2, 0.25) is 11.8 Å². The van der Waals surface area contributed by atoms with Crippen molar-refractivity contribution < 1.29 is 19.5 Å². The fraction of sp³-hybridized carbons (Fsp3) is 0.727. The van der Waals surface area contributed by atoms with Gasteiger partial charge in [-0.25, -0.2) is 0 Å². The van der Waals surface area contributed by atoms with Crippen LogP contribution >= 0.6 is 0 Å². The van der Waals surface area contributed by atoms with Crippen LogP contribution in [-0.2, 0) is 14.4 Å². The van der Waals surface area contributed by atoms with Crippen LogP contribution in [-0.4, -0.2) is 47.4 Å². The molecule has 0 bridgehead atoms. The van der Waals surface area contributed by atoms with E-state index in [1.807, 2.05) is 0 Å². The van der Waals surface area contributed by atoms with E-state index in [1.165, 1.54) is 0 Å². The molecule has 0 aromatic carbocycles. The first-order chi connectivity index (χ1) is 8.09. The number of nitrogens with zero attached hydrogens (tertiary/aromatic N) is 1. The van der Waals surface area contributed by atoms with E-state index in [0.29, 0.717) is 6.42 Å². The Morgan fingerprint density at radius 3 is 2.35 bits per heavy atom. The third-order valence-corrected chi connectivity index (χ3v) is 3.32. The summed E-state index contributed by atoms with van der Waals surface area (Å²) in [7, 11) is 0. The minimum atomic E-state index is -0.934. The molecule has 1 heterocycles. The highest BCUT2D eigenvalue weighted by Crippen LogP contribution is 2.38. The zero-order valence-electron chi connectivity index (χ0n) is 9.52. The molecule has 2 aliphatic rings. The summed E-state index contributed by atoms with van der Waals surface area (Å²) in [6.45, 7) is 1.51. The Morgan fingerprint density at radius 2 is 1.82 bits per heavy atom. The molecule has 2 amide bonds. The number of rotatable bonds is 4. The Hall–Kier alpha value is -1.59. The second-order valence-corrected chi connectivity index (χ2v) is 4.59. The molecule has 1 aliphatic heterocycles. The van der Waals surface area contributed by atoms with Crippen molar-refractivity contribution in [3.63, 3.8) is 0 Å². The van der Waals surface area contributed by atoms with Crippen LogP contribution in [0.3, 0.4) is 0 Å². The van der Waals surface area contributed by atoms with Crippen LogP contribution in [0.5, 0.6) is 0 Å². The van der Waals surface area contributed by atoms with Crippen molar-refractivity contribution in [2.75, 3.05) is 19.6 Å². The number of nitrogens with one attached hydrogen (secondary N) is 1. The number of hydrogen-bond acceptors (Lipinski definition) is 3. The van der Waals surface area contributed by atoms with Gasteiger partial charge in [0, 0.05) is 13.1 Å². The van der Waals surface area contributed by atoms with E-state index in [1.54, 1.807) is 4.90 Å². The lowest BCUT2D eigenvalue weighted by molar-refractivity contribution is -0.140. The van der Waals surface area contributed by atoms with Crippen LogP contribution < -0.4 is 5.32 Å². The van der Waals surface area contributed by atoms with Crippen molar-refractivity contribution in [1.29, 1.82) is 0 Å². The molecule has 0 spiro atoms. The lowest BCUT2D eigenvalue weighted by atomic mass is 10.3. The van der Waals surface area contributed by atoms with Gasteiger partial charge in [0.15, 0.2) is 0 Å². The number of aliphatic carboxylic acids is 1. The molecular weight excluding hydrogens is 224 g/mol. The molecule has 2 fully saturated rings. The highest BCUT2D eigenvalue weighted by Gasteiger charge is 2.48. The van der Waals surface area contributed by atoms with Crippen molar-refractivity contribution >= 4 is 17.8 Å². The highest BCUT2D eigenvalue weighted by molar-refractivity contribution is 5.91. The van der Waals surface area contributed by atoms with Gasteiger partial charge >= 0.3 is 5.97 Å². The van der Waals surface area contributed by atoms with Crippen molar-refractivity contribution in [2.45, 2.75) is 19.3 Å². The minimum absolute atomic E-state index is 0.0122. The summed E-state index contributed by atoms with van der Waals surface area (Å²) in [4.78, 5) is 35.4. The molecular formula is C11H16N2O4. The van der Waals surface area contributed by atoms with Crippen molar-refractivity contribution in [1.82, 2.24) is 10.2 Å². The first-order valence-corrected chi connectivity index (χ1v) is 5.88. The first kappa shape index (κ1) is 11.9. The van der Waals surface area contributed by atoms with E-state index < -0.39 is 17.8 Å². The van der Waals surface area contributed by atoms with E-state index in [9.17, 15) is 14.4 Å². The van der Waals surface area contributed by atoms with E-state index >= 15 is 0 Å². The zero-order chi connectivity index (χ0) is 12.4. The van der Waals surface area contributed by atoms with Gasteiger partial charge in [-0.1, -0.05) is 0 Å². The fourth-order valence-electron chi connectivity index (χ4n) is 2.13. The molecule has 0 aromatic heterocycles. The molecule has 0 radical (unpaired) electrons. The number of likely N-dealkylation sites (tertiary alicyclic amines) is 1. The van der Waals surface area contributed by atoms with Crippen LogP contribution in [0.2, 0.25) is 0 Å². The summed E-state index contributed by atoms with van der Waals surface area (Å²) in [6.07, 6.45) is 2.42. The van der Waals surface area contributed by atoms with Gasteiger partial charge in [-0.3, -0.25) is 14.4 Å². The van der Waals surface area contributed by atoms with Crippen LogP contribution in [0.4, 0.5) is 0 Å². The Bertz CT molecular complexity index is 349. The minimum Gasteiger partial charge on any atom is -0.481 e. The number of carbonyl (C=O) groups excluding carboxylic acids is 2. The van der Waals surface area contributed by atoms with Gasteiger partial charge in [0.1, 0.15) is 0 Å². The molecule has 6 heteroatoms. The largest absolute Gasteiger partial charge is 0.481 e. The normalized spacial score (nSPS) is 26.7. The molecule has 94 valence electrons. The van der Waals surface area contributed by atoms with E-state index in [-0.39, 0.29) is 18.4 Å². The topological polar surface area (TPSA) is 86.7 Å². The van der Waals surface area contributed by atoms with Crippen LogP contribution in [0.25, 0.3) is 0 Å². The van der Waals surface area contributed by atoms with Crippen molar-refractivity contribution in [3.05, 3.63) is 0 Å². The summed E-state index contributed by atoms with van der Waals surface area (Å²) in [5, 5.41) is 11.2. The number of hydrogen-bond donors (Lipinski definition) is 2. The van der Waals surface area contributed by atoms with Crippen LogP contribution in [0, 0.1) is 11.8 Å². The van der Waals surface area contributed by atoms with E-state index in [2.05, 4.69) is 5.32 Å². The number of carboxylic acids is 1. The quantitative estimate of drug-likeness (QED) is 0.690. The maximum Gasteiger partial charge on any atom is 0.307 e. The Morgan fingerprint density at radius 1 is 1.18 bits per heavy atom. The maximum absolute atomic E-state index is 11.6. The van der Waals surface area contributed by atoms with Gasteiger partial charge in [-0.15, -0.1) is 0 Å². The van der Waals surface area contributed by atoms with Gasteiger partial charge < -0.3 is 15.3 Å². The molecule has 2 unspecified atom stereocenters. The van der Waals surface area contributed by atoms with E-state index in [4.69, 9.17) is 5.11 Å². The summed E-state index contributed by atoms with van der Waals surface area (Å²) in [5.41, 5.74) is 0. The van der Waals surface area contributed by atoms with Gasteiger partial charge in [-0.05, 0) is 19.3 Å². The SMILES string of the molecule is O=C(O)C1CC1C(=O)NCC(=O)N1CCCC1. The molecule has 1 saturated carbocycles. The third kappa shape index (κ3) is 2.75. The summed E-state index contributed by atoms with van der Waals surface area (Å²) >= 11 is 0. The Balaban J connectivity index is 1.70. The lowest BCUT2D eigenvalue weighted by Crippen LogP contribution is -2.39. The van der Waals surface area contributed by atoms with Crippen molar-refractivity contribution in [2.24, 2.45) is 11.8 Å². The lowest BCUT2D eigenvalue weighted by Gasteiger charge is -2.15. The molecule has 0 aromatic rings. The monoisotopic (exact) mass is 240 g/mol. The van der Waals surface area contributed by atoms with Gasteiger partial charge in [0.05, 0.1) is 18.4 Å². The average molecular weight is 240 g/mol. The molecule has 2 atom stereocenters. The first-order valence-electron chi connectivity index (χ1n) is 5.88. The van der Waals surface area contributed by atoms with Crippen LogP contribution in [0.1, 0.15) is 19.3 Å². The average Bonchev–Trinajstić information content (AvgIpc) is 2.93. The Kier molecular flexibility index (Phi) is 3.31. The number of carboxylic acid groups (broad SMARTS) is 1. The fourth-order valence-corrected chi connectivity index (χ4v) is 2.13. The summed E-state index contributed by atoms with van der Waals surface area (Å²) < 4.78 is 0. The molecule has 2 rings (SSSR count). The standard InChI is InChI=1S/C11H16N2O4/c14-9(13-3-1-2-4-13)6-12-10(15)7-5-8(7)11(16)17/h7-8H,1-6H2,(H,12,15)(H,16,17). The zero-order valence-corrected chi connectivity index (χ0v) is 9.52. The van der Waals surface area contributed by atoms with E-state index in [0.717, 1.165) is 25.9 Å². The predicted octanol–water partition coefficient (Wildman–Crippen LogP) is -0.554. The van der Waals surface area contributed by atoms with Crippen molar-refractivity contribution in [3.8, 4) is 0 Å². The number of amides is 2. The highest BCUT2D eigenvalue weighted by atomic mass is 16.4. The van der Waals surface area contributed by atoms with Gasteiger partial charge in [-0.2, -0.15) is 0 Å². The predicted molar refractivity (Wildman–Crippen MR) is 58.1 cm³/mol. The molecule has 1 aliphatic carbocycles. The molecule has 2 N–H and O–H groups in total. The second kappa shape index (κ2) is 4.73. The molecule has 1 saturated heterocycles. The third-order valence-electron chi connectivity index (χ3n) is 3.32. The Labute approximate surface area is 99.0 Å². The van der Waals surface area contributed by atoms with Gasteiger partial charge in [0.25, 0.3) is 0 Å². The summed E-state index contributed by atoms with van der Waals surface area (Å²) in [5.74, 6) is -2.33. The molecule has 17 heavy (non-hydrogen) atoms. The summed E-state index contributed by atoms with van der Waals surface area (Å²) in [6, 6.07) is 0. The molecule has 6 nitrogen and oxygen atoms in total. The number of carbonyl (C=O) groups is 3.